The maximum Gasteiger partial charge on any atom is 0.259 e. The molecule has 0 N–H and O–H groups in total. The van der Waals surface area contributed by atoms with E-state index in [2.05, 4.69) is 6.58 Å². The number of para-hydroxylation sites is 1. The molecule has 2 amide bonds. The minimum atomic E-state index is -0.580. The van der Waals surface area contributed by atoms with Crippen LogP contribution < -0.4 is 4.90 Å². The van der Waals surface area contributed by atoms with E-state index in [1.165, 1.54) is 10.5 Å². The predicted molar refractivity (Wildman–Crippen MR) is 93.6 cm³/mol. The maximum absolute atomic E-state index is 13.0. The van der Waals surface area contributed by atoms with E-state index in [4.69, 9.17) is 0 Å². The van der Waals surface area contributed by atoms with Crippen molar-refractivity contribution in [2.24, 2.45) is 0 Å². The van der Waals surface area contributed by atoms with Gasteiger partial charge in [-0.15, -0.1) is 0 Å². The lowest BCUT2D eigenvalue weighted by molar-refractivity contribution is -0.121. The van der Waals surface area contributed by atoms with Gasteiger partial charge in [-0.25, -0.2) is 0 Å². The van der Waals surface area contributed by atoms with Crippen LogP contribution in [0.1, 0.15) is 28.4 Å². The summed E-state index contributed by atoms with van der Waals surface area (Å²) in [6.45, 7) is 6.47. The van der Waals surface area contributed by atoms with Gasteiger partial charge in [-0.3, -0.25) is 14.5 Å². The minimum absolute atomic E-state index is 0.0674. The number of anilines is 1. The Balaban J connectivity index is 1.64. The summed E-state index contributed by atoms with van der Waals surface area (Å²) >= 11 is 0. The van der Waals surface area contributed by atoms with E-state index in [0.29, 0.717) is 17.8 Å². The van der Waals surface area contributed by atoms with Crippen molar-refractivity contribution >= 4 is 23.2 Å². The highest BCUT2D eigenvalue weighted by Gasteiger charge is 2.39. The average molecular weight is 318 g/mol. The maximum atomic E-state index is 13.0. The summed E-state index contributed by atoms with van der Waals surface area (Å²) in [6.07, 6.45) is 0.851. The molecule has 2 aromatic carbocycles. The van der Waals surface area contributed by atoms with E-state index in [9.17, 15) is 9.59 Å². The molecule has 4 heteroatoms. The molecule has 0 saturated carbocycles. The van der Waals surface area contributed by atoms with Crippen LogP contribution in [0.25, 0.3) is 5.70 Å². The van der Waals surface area contributed by atoms with Crippen molar-refractivity contribution in [3.8, 4) is 0 Å². The van der Waals surface area contributed by atoms with Crippen LogP contribution in [0.15, 0.2) is 55.1 Å². The second-order valence-corrected chi connectivity index (χ2v) is 6.21. The molecule has 0 aliphatic carbocycles. The highest BCUT2D eigenvalue weighted by atomic mass is 16.2. The fourth-order valence-corrected chi connectivity index (χ4v) is 3.62. The zero-order valence-corrected chi connectivity index (χ0v) is 13.5. The molecule has 1 atom stereocenters. The monoisotopic (exact) mass is 318 g/mol. The Morgan fingerprint density at radius 3 is 2.50 bits per heavy atom. The SMILES string of the molecule is C=C1c2ccccc2C(=O)N1[C@@H](C)C(=O)N1CCc2ccccc21. The van der Waals surface area contributed by atoms with Gasteiger partial charge in [0.05, 0.1) is 0 Å². The first-order valence-corrected chi connectivity index (χ1v) is 8.10. The van der Waals surface area contributed by atoms with Crippen molar-refractivity contribution in [1.29, 1.82) is 0 Å². The van der Waals surface area contributed by atoms with Crippen LogP contribution in [-0.4, -0.2) is 29.3 Å². The van der Waals surface area contributed by atoms with Gasteiger partial charge in [0, 0.05) is 29.1 Å². The van der Waals surface area contributed by atoms with E-state index in [-0.39, 0.29) is 11.8 Å². The Morgan fingerprint density at radius 2 is 1.75 bits per heavy atom. The number of amides is 2. The molecule has 0 unspecified atom stereocenters. The third kappa shape index (κ3) is 1.99. The Kier molecular flexibility index (Phi) is 3.27. The molecule has 120 valence electrons. The van der Waals surface area contributed by atoms with Crippen LogP contribution >= 0.6 is 0 Å². The van der Waals surface area contributed by atoms with Crippen LogP contribution in [0, 0.1) is 0 Å². The number of carbonyl (C=O) groups is 2. The van der Waals surface area contributed by atoms with Crippen molar-refractivity contribution < 1.29 is 9.59 Å². The number of carbonyl (C=O) groups excluding carboxylic acids is 2. The molecule has 4 nitrogen and oxygen atoms in total. The Bertz CT molecular complexity index is 836. The number of fused-ring (bicyclic) bond motifs is 2. The van der Waals surface area contributed by atoms with Crippen molar-refractivity contribution in [2.75, 3.05) is 11.4 Å². The Labute approximate surface area is 141 Å². The molecular weight excluding hydrogens is 300 g/mol. The van der Waals surface area contributed by atoms with Crippen LogP contribution in [-0.2, 0) is 11.2 Å². The van der Waals surface area contributed by atoms with Gasteiger partial charge in [-0.1, -0.05) is 43.0 Å². The number of hydrogen-bond acceptors (Lipinski definition) is 2. The quantitative estimate of drug-likeness (QED) is 0.854. The standard InChI is InChI=1S/C20H18N2O2/c1-13-16-8-4-5-9-17(16)20(24)22(13)14(2)19(23)21-12-11-15-7-3-6-10-18(15)21/h3-10,14H,1,11-12H2,2H3/t14-/m0/s1. The molecule has 0 radical (unpaired) electrons. The molecular formula is C20H18N2O2. The summed E-state index contributed by atoms with van der Waals surface area (Å²) in [6, 6.07) is 14.7. The topological polar surface area (TPSA) is 40.6 Å². The van der Waals surface area contributed by atoms with Gasteiger partial charge in [-0.2, -0.15) is 0 Å². The molecule has 0 aromatic heterocycles. The summed E-state index contributed by atoms with van der Waals surface area (Å²) in [5.74, 6) is -0.216. The molecule has 0 saturated heterocycles. The fraction of sp³-hybridized carbons (Fsp3) is 0.200. The Morgan fingerprint density at radius 1 is 1.08 bits per heavy atom. The lowest BCUT2D eigenvalue weighted by Gasteiger charge is -2.29. The number of rotatable bonds is 2. The molecule has 2 aromatic rings. The summed E-state index contributed by atoms with van der Waals surface area (Å²) in [5, 5.41) is 0. The van der Waals surface area contributed by atoms with Crippen LogP contribution in [0.2, 0.25) is 0 Å². The highest BCUT2D eigenvalue weighted by molar-refractivity contribution is 6.12. The van der Waals surface area contributed by atoms with Gasteiger partial charge in [-0.05, 0) is 31.0 Å². The van der Waals surface area contributed by atoms with E-state index >= 15 is 0 Å². The molecule has 2 heterocycles. The molecule has 2 aliphatic rings. The Hall–Kier alpha value is -2.88. The van der Waals surface area contributed by atoms with Gasteiger partial charge in [0.15, 0.2) is 0 Å². The fourth-order valence-electron chi connectivity index (χ4n) is 3.62. The highest BCUT2D eigenvalue weighted by Crippen LogP contribution is 2.35. The van der Waals surface area contributed by atoms with Crippen molar-refractivity contribution in [3.63, 3.8) is 0 Å². The predicted octanol–water partition coefficient (Wildman–Crippen LogP) is 3.09. The molecule has 24 heavy (non-hydrogen) atoms. The summed E-state index contributed by atoms with van der Waals surface area (Å²) in [7, 11) is 0. The van der Waals surface area contributed by atoms with Crippen LogP contribution in [0.3, 0.4) is 0 Å². The number of hydrogen-bond donors (Lipinski definition) is 0. The second-order valence-electron chi connectivity index (χ2n) is 6.21. The average Bonchev–Trinajstić information content (AvgIpc) is 3.14. The van der Waals surface area contributed by atoms with Gasteiger partial charge < -0.3 is 4.90 Å². The van der Waals surface area contributed by atoms with Gasteiger partial charge >= 0.3 is 0 Å². The van der Waals surface area contributed by atoms with Crippen LogP contribution in [0.4, 0.5) is 5.69 Å². The third-order valence-electron chi connectivity index (χ3n) is 4.88. The first kappa shape index (κ1) is 14.7. The van der Waals surface area contributed by atoms with Crippen molar-refractivity contribution in [2.45, 2.75) is 19.4 Å². The van der Waals surface area contributed by atoms with E-state index in [0.717, 1.165) is 17.7 Å². The second kappa shape index (κ2) is 5.34. The van der Waals surface area contributed by atoms with E-state index in [1.807, 2.05) is 42.5 Å². The van der Waals surface area contributed by atoms with Crippen molar-refractivity contribution in [3.05, 3.63) is 71.8 Å². The van der Waals surface area contributed by atoms with Crippen molar-refractivity contribution in [1.82, 2.24) is 4.90 Å². The first-order valence-electron chi connectivity index (χ1n) is 8.10. The van der Waals surface area contributed by atoms with E-state index in [1.54, 1.807) is 17.9 Å². The molecule has 4 rings (SSSR count). The smallest absolute Gasteiger partial charge is 0.259 e. The molecule has 2 aliphatic heterocycles. The molecule has 0 spiro atoms. The minimum Gasteiger partial charge on any atom is -0.310 e. The summed E-state index contributed by atoms with van der Waals surface area (Å²) in [4.78, 5) is 29.0. The third-order valence-corrected chi connectivity index (χ3v) is 4.88. The first-order chi connectivity index (χ1) is 11.6. The molecule has 0 bridgehead atoms. The van der Waals surface area contributed by atoms with E-state index < -0.39 is 6.04 Å². The zero-order valence-electron chi connectivity index (χ0n) is 13.5. The number of nitrogens with zero attached hydrogens (tertiary/aromatic N) is 2. The lowest BCUT2D eigenvalue weighted by Crippen LogP contribution is -2.46. The normalized spacial score (nSPS) is 17.0. The lowest BCUT2D eigenvalue weighted by atomic mass is 10.1. The summed E-state index contributed by atoms with van der Waals surface area (Å²) < 4.78 is 0. The van der Waals surface area contributed by atoms with Crippen LogP contribution in [0.5, 0.6) is 0 Å². The largest absolute Gasteiger partial charge is 0.310 e. The van der Waals surface area contributed by atoms with Gasteiger partial charge in [0.2, 0.25) is 5.91 Å². The van der Waals surface area contributed by atoms with Gasteiger partial charge in [0.1, 0.15) is 6.04 Å². The van der Waals surface area contributed by atoms with Gasteiger partial charge in [0.25, 0.3) is 5.91 Å². The zero-order chi connectivity index (χ0) is 16.8. The number of benzene rings is 2. The molecule has 0 fully saturated rings. The summed E-state index contributed by atoms with van der Waals surface area (Å²) in [5.41, 5.74) is 4.15.